The van der Waals surface area contributed by atoms with Crippen LogP contribution in [0.15, 0.2) is 35.1 Å². The Morgan fingerprint density at radius 2 is 2.00 bits per heavy atom. The minimum Gasteiger partial charge on any atom is -0.476 e. The van der Waals surface area contributed by atoms with Gasteiger partial charge in [-0.15, -0.1) is 0 Å². The topological polar surface area (TPSA) is 80.4 Å². The third-order valence-corrected chi connectivity index (χ3v) is 2.66. The number of carbonyl (C=O) groups excluding carboxylic acids is 1. The van der Waals surface area contributed by atoms with Gasteiger partial charge in [-0.05, 0) is 12.0 Å². The number of rotatable bonds is 4. The van der Waals surface area contributed by atoms with Gasteiger partial charge < -0.3 is 9.63 Å². The summed E-state index contributed by atoms with van der Waals surface area (Å²) in [7, 11) is 0. The predicted octanol–water partition coefficient (Wildman–Crippen LogP) is 2.17. The highest BCUT2D eigenvalue weighted by Gasteiger charge is 2.23. The van der Waals surface area contributed by atoms with Crippen molar-refractivity contribution < 1.29 is 19.2 Å². The molecular weight excluding hydrogens is 234 g/mol. The van der Waals surface area contributed by atoms with Crippen LogP contribution in [0, 0.1) is 0 Å². The third kappa shape index (κ3) is 2.02. The highest BCUT2D eigenvalue weighted by atomic mass is 16.5. The molecule has 0 aliphatic carbocycles. The zero-order chi connectivity index (χ0) is 13.1. The number of aryl methyl sites for hydroxylation is 1. The minimum atomic E-state index is -1.28. The Balaban J connectivity index is 2.48. The number of hydrogen-bond acceptors (Lipinski definition) is 4. The van der Waals surface area contributed by atoms with Gasteiger partial charge in [0.05, 0.1) is 5.56 Å². The van der Waals surface area contributed by atoms with Gasteiger partial charge >= 0.3 is 5.97 Å². The molecule has 0 spiro atoms. The standard InChI is InChI=1S/C13H11NO4/c1-2-8-5-3-4-6-9(8)12(15)10-7-18-14-11(10)13(16)17/h3-7H,2H2,1H3,(H,16,17). The van der Waals surface area contributed by atoms with Crippen molar-refractivity contribution >= 4 is 11.8 Å². The second kappa shape index (κ2) is 4.83. The van der Waals surface area contributed by atoms with Gasteiger partial charge in [-0.25, -0.2) is 4.79 Å². The largest absolute Gasteiger partial charge is 0.476 e. The van der Waals surface area contributed by atoms with Gasteiger partial charge in [0, 0.05) is 5.56 Å². The van der Waals surface area contributed by atoms with Crippen molar-refractivity contribution in [1.82, 2.24) is 5.16 Å². The molecule has 18 heavy (non-hydrogen) atoms. The third-order valence-electron chi connectivity index (χ3n) is 2.66. The molecule has 0 amide bonds. The summed E-state index contributed by atoms with van der Waals surface area (Å²) in [4.78, 5) is 23.1. The smallest absolute Gasteiger partial charge is 0.358 e. The van der Waals surface area contributed by atoms with E-state index in [-0.39, 0.29) is 17.0 Å². The Kier molecular flexibility index (Phi) is 3.23. The molecular formula is C13H11NO4. The predicted molar refractivity (Wildman–Crippen MR) is 62.7 cm³/mol. The maximum Gasteiger partial charge on any atom is 0.358 e. The van der Waals surface area contributed by atoms with E-state index in [1.165, 1.54) is 0 Å². The number of nitrogens with zero attached hydrogens (tertiary/aromatic N) is 1. The van der Waals surface area contributed by atoms with Crippen LogP contribution in [0.1, 0.15) is 38.9 Å². The van der Waals surface area contributed by atoms with E-state index in [4.69, 9.17) is 5.11 Å². The lowest BCUT2D eigenvalue weighted by molar-refractivity contribution is 0.0682. The summed E-state index contributed by atoms with van der Waals surface area (Å²) < 4.78 is 4.57. The van der Waals surface area contributed by atoms with Crippen molar-refractivity contribution in [1.29, 1.82) is 0 Å². The van der Waals surface area contributed by atoms with Crippen LogP contribution in [0.4, 0.5) is 0 Å². The van der Waals surface area contributed by atoms with Crippen LogP contribution >= 0.6 is 0 Å². The normalized spacial score (nSPS) is 10.3. The van der Waals surface area contributed by atoms with E-state index in [1.54, 1.807) is 12.1 Å². The summed E-state index contributed by atoms with van der Waals surface area (Å²) in [5, 5.41) is 12.2. The van der Waals surface area contributed by atoms with Gasteiger partial charge in [-0.3, -0.25) is 4.79 Å². The SMILES string of the molecule is CCc1ccccc1C(=O)c1conc1C(=O)O. The van der Waals surface area contributed by atoms with Crippen molar-refractivity contribution in [2.24, 2.45) is 0 Å². The quantitative estimate of drug-likeness (QED) is 0.835. The summed E-state index contributed by atoms with van der Waals surface area (Å²) >= 11 is 0. The second-order valence-electron chi connectivity index (χ2n) is 3.72. The first-order chi connectivity index (χ1) is 8.65. The molecule has 1 aromatic heterocycles. The summed E-state index contributed by atoms with van der Waals surface area (Å²) in [5.41, 5.74) is 0.958. The monoisotopic (exact) mass is 245 g/mol. The molecule has 5 nitrogen and oxygen atoms in total. The summed E-state index contributed by atoms with van der Waals surface area (Å²) in [6.45, 7) is 1.93. The fourth-order valence-corrected chi connectivity index (χ4v) is 1.75. The van der Waals surface area contributed by atoms with Crippen LogP contribution in [0.3, 0.4) is 0 Å². The number of carbonyl (C=O) groups is 2. The maximum absolute atomic E-state index is 12.2. The minimum absolute atomic E-state index is 0.0246. The van der Waals surface area contributed by atoms with Crippen molar-refractivity contribution in [2.45, 2.75) is 13.3 Å². The molecule has 0 aliphatic heterocycles. The van der Waals surface area contributed by atoms with E-state index in [9.17, 15) is 9.59 Å². The number of carboxylic acid groups (broad SMARTS) is 1. The first-order valence-electron chi connectivity index (χ1n) is 5.45. The van der Waals surface area contributed by atoms with E-state index < -0.39 is 5.97 Å². The molecule has 0 saturated carbocycles. The van der Waals surface area contributed by atoms with Crippen molar-refractivity contribution in [3.05, 3.63) is 52.9 Å². The van der Waals surface area contributed by atoms with Gasteiger partial charge in [-0.2, -0.15) is 0 Å². The Labute approximate surface area is 103 Å². The molecule has 0 bridgehead atoms. The number of carboxylic acids is 1. The van der Waals surface area contributed by atoms with Crippen LogP contribution in [0.25, 0.3) is 0 Å². The molecule has 0 aliphatic rings. The summed E-state index contributed by atoms with van der Waals surface area (Å²) in [5.74, 6) is -1.66. The zero-order valence-electron chi connectivity index (χ0n) is 9.71. The maximum atomic E-state index is 12.2. The van der Waals surface area contributed by atoms with Gasteiger partial charge in [-0.1, -0.05) is 36.3 Å². The first-order valence-corrected chi connectivity index (χ1v) is 5.45. The highest BCUT2D eigenvalue weighted by molar-refractivity contribution is 6.14. The van der Waals surface area contributed by atoms with Crippen LogP contribution in [-0.2, 0) is 6.42 Å². The number of ketones is 1. The summed E-state index contributed by atoms with van der Waals surface area (Å²) in [6.07, 6.45) is 1.76. The number of aromatic nitrogens is 1. The van der Waals surface area contributed by atoms with Gasteiger partial charge in [0.2, 0.25) is 5.69 Å². The number of aromatic carboxylic acids is 1. The van der Waals surface area contributed by atoms with Gasteiger partial charge in [0.15, 0.2) is 5.78 Å². The van der Waals surface area contributed by atoms with Crippen molar-refractivity contribution in [3.63, 3.8) is 0 Å². The van der Waals surface area contributed by atoms with Crippen LogP contribution in [-0.4, -0.2) is 22.0 Å². The summed E-state index contributed by atoms with van der Waals surface area (Å²) in [6, 6.07) is 7.07. The Hall–Kier alpha value is -2.43. The van der Waals surface area contributed by atoms with Crippen LogP contribution in [0.5, 0.6) is 0 Å². The molecule has 1 aromatic carbocycles. The lowest BCUT2D eigenvalue weighted by Gasteiger charge is -2.04. The van der Waals surface area contributed by atoms with Crippen LogP contribution < -0.4 is 0 Å². The molecule has 5 heteroatoms. The average Bonchev–Trinajstić information content (AvgIpc) is 2.87. The van der Waals surface area contributed by atoms with E-state index in [0.717, 1.165) is 11.8 Å². The molecule has 0 atom stereocenters. The van der Waals surface area contributed by atoms with E-state index in [2.05, 4.69) is 9.68 Å². The zero-order valence-corrected chi connectivity index (χ0v) is 9.71. The van der Waals surface area contributed by atoms with E-state index in [1.807, 2.05) is 19.1 Å². The lowest BCUT2D eigenvalue weighted by Crippen LogP contribution is -2.10. The number of hydrogen-bond donors (Lipinski definition) is 1. The van der Waals surface area contributed by atoms with Crippen molar-refractivity contribution in [2.75, 3.05) is 0 Å². The van der Waals surface area contributed by atoms with Gasteiger partial charge in [0.1, 0.15) is 6.26 Å². The molecule has 92 valence electrons. The molecule has 2 aromatic rings. The molecule has 0 fully saturated rings. The fraction of sp³-hybridized carbons (Fsp3) is 0.154. The molecule has 0 unspecified atom stereocenters. The highest BCUT2D eigenvalue weighted by Crippen LogP contribution is 2.17. The Bertz CT molecular complexity index is 601. The molecule has 1 heterocycles. The lowest BCUT2D eigenvalue weighted by atomic mass is 9.97. The van der Waals surface area contributed by atoms with E-state index >= 15 is 0 Å². The van der Waals surface area contributed by atoms with Crippen molar-refractivity contribution in [3.8, 4) is 0 Å². The van der Waals surface area contributed by atoms with Gasteiger partial charge in [0.25, 0.3) is 0 Å². The molecule has 0 radical (unpaired) electrons. The molecule has 2 rings (SSSR count). The molecule has 0 saturated heterocycles. The second-order valence-corrected chi connectivity index (χ2v) is 3.72. The fourth-order valence-electron chi connectivity index (χ4n) is 1.75. The number of benzene rings is 1. The van der Waals surface area contributed by atoms with Crippen LogP contribution in [0.2, 0.25) is 0 Å². The first kappa shape index (κ1) is 12.0. The van der Waals surface area contributed by atoms with E-state index in [0.29, 0.717) is 12.0 Å². The Morgan fingerprint density at radius 1 is 1.28 bits per heavy atom. The molecule has 1 N–H and O–H groups in total. The average molecular weight is 245 g/mol. The Morgan fingerprint density at radius 3 is 2.67 bits per heavy atom.